The monoisotopic (exact) mass is 558 g/mol. The molecule has 0 spiro atoms. The zero-order valence-corrected chi connectivity index (χ0v) is 22.6. The Bertz CT molecular complexity index is 1580. The van der Waals surface area contributed by atoms with E-state index in [9.17, 15) is 16.8 Å². The summed E-state index contributed by atoms with van der Waals surface area (Å²) in [6.07, 6.45) is 0. The first-order valence-corrected chi connectivity index (χ1v) is 14.1. The first-order chi connectivity index (χ1) is 18.1. The molecule has 0 radical (unpaired) electrons. The number of ether oxygens (including phenoxy) is 4. The van der Waals surface area contributed by atoms with Gasteiger partial charge in [0.25, 0.3) is 20.0 Å². The Morgan fingerprint density at radius 3 is 1.26 bits per heavy atom. The summed E-state index contributed by atoms with van der Waals surface area (Å²) in [7, 11) is -2.51. The van der Waals surface area contributed by atoms with Crippen LogP contribution in [0.1, 0.15) is 0 Å². The maximum Gasteiger partial charge on any atom is 0.262 e. The Morgan fingerprint density at radius 2 is 0.921 bits per heavy atom. The molecule has 0 aliphatic rings. The van der Waals surface area contributed by atoms with Crippen LogP contribution in [-0.4, -0.2) is 45.3 Å². The lowest BCUT2D eigenvalue weighted by molar-refractivity contribution is 0.395. The van der Waals surface area contributed by atoms with Crippen LogP contribution < -0.4 is 28.4 Å². The molecule has 0 amide bonds. The molecule has 0 unspecified atom stereocenters. The summed E-state index contributed by atoms with van der Waals surface area (Å²) in [6.45, 7) is 0. The third-order valence-electron chi connectivity index (χ3n) is 5.73. The predicted octanol–water partition coefficient (Wildman–Crippen LogP) is 4.48. The molecule has 10 nitrogen and oxygen atoms in total. The zero-order valence-electron chi connectivity index (χ0n) is 21.0. The van der Waals surface area contributed by atoms with Crippen molar-refractivity contribution in [3.63, 3.8) is 0 Å². The van der Waals surface area contributed by atoms with E-state index in [0.717, 1.165) is 0 Å². The highest BCUT2D eigenvalue weighted by atomic mass is 32.2. The summed E-state index contributed by atoms with van der Waals surface area (Å²) < 4.78 is 79.7. The highest BCUT2D eigenvalue weighted by molar-refractivity contribution is 7.93. The van der Waals surface area contributed by atoms with Crippen LogP contribution in [-0.2, 0) is 20.0 Å². The lowest BCUT2D eigenvalue weighted by atomic mass is 10.1. The minimum Gasteiger partial charge on any atom is -0.497 e. The van der Waals surface area contributed by atoms with Gasteiger partial charge in [0.05, 0.1) is 49.6 Å². The van der Waals surface area contributed by atoms with Gasteiger partial charge in [0.2, 0.25) is 0 Å². The van der Waals surface area contributed by atoms with Crippen molar-refractivity contribution in [2.75, 3.05) is 37.9 Å². The average Bonchev–Trinajstić information content (AvgIpc) is 2.92. The van der Waals surface area contributed by atoms with Crippen LogP contribution in [0.2, 0.25) is 0 Å². The van der Waals surface area contributed by atoms with Gasteiger partial charge in [-0.2, -0.15) is 0 Å². The molecule has 38 heavy (non-hydrogen) atoms. The number of anilines is 2. The van der Waals surface area contributed by atoms with Gasteiger partial charge in [-0.15, -0.1) is 0 Å². The molecule has 0 heterocycles. The van der Waals surface area contributed by atoms with Gasteiger partial charge in [0.1, 0.15) is 23.0 Å². The third kappa shape index (κ3) is 5.27. The van der Waals surface area contributed by atoms with E-state index in [2.05, 4.69) is 9.44 Å². The fraction of sp³-hybridized carbons (Fsp3) is 0.154. The van der Waals surface area contributed by atoms with E-state index in [1.54, 1.807) is 36.4 Å². The van der Waals surface area contributed by atoms with Gasteiger partial charge in [-0.1, -0.05) is 24.3 Å². The van der Waals surface area contributed by atoms with Crippen molar-refractivity contribution in [3.05, 3.63) is 72.8 Å². The normalized spacial score (nSPS) is 11.6. The molecule has 200 valence electrons. The Kier molecular flexibility index (Phi) is 7.56. The van der Waals surface area contributed by atoms with E-state index in [1.807, 2.05) is 0 Å². The highest BCUT2D eigenvalue weighted by Crippen LogP contribution is 2.35. The molecule has 0 bridgehead atoms. The van der Waals surface area contributed by atoms with Gasteiger partial charge < -0.3 is 18.9 Å². The van der Waals surface area contributed by atoms with Crippen molar-refractivity contribution < 1.29 is 35.8 Å². The predicted molar refractivity (Wildman–Crippen MR) is 145 cm³/mol. The van der Waals surface area contributed by atoms with Gasteiger partial charge >= 0.3 is 0 Å². The highest BCUT2D eigenvalue weighted by Gasteiger charge is 2.24. The SMILES string of the molecule is COc1ccc(NS(=O)(=O)c2cccc3c(S(=O)(=O)Nc4ccc(OC)cc4OC)cccc23)c(OC)c1. The Labute approximate surface area is 221 Å². The van der Waals surface area contributed by atoms with Crippen molar-refractivity contribution in [2.45, 2.75) is 9.79 Å². The third-order valence-corrected chi connectivity index (χ3v) is 8.57. The molecule has 0 saturated carbocycles. The standard InChI is InChI=1S/C26H26N2O8S2/c1-33-17-11-13-21(23(15-17)35-3)27-37(29,30)25-9-5-8-20-19(25)7-6-10-26(20)38(31,32)28-22-14-12-18(34-2)16-24(22)36-4/h5-16,27-28H,1-4H3. The number of methoxy groups -OCH3 is 4. The van der Waals surface area contributed by atoms with Crippen molar-refractivity contribution in [2.24, 2.45) is 0 Å². The lowest BCUT2D eigenvalue weighted by Crippen LogP contribution is -2.16. The van der Waals surface area contributed by atoms with Crippen LogP contribution >= 0.6 is 0 Å². The number of sulfonamides is 2. The lowest BCUT2D eigenvalue weighted by Gasteiger charge is -2.16. The Morgan fingerprint density at radius 1 is 0.526 bits per heavy atom. The van der Waals surface area contributed by atoms with Crippen LogP contribution in [0.3, 0.4) is 0 Å². The molecule has 0 aliphatic heterocycles. The molecule has 4 rings (SSSR count). The van der Waals surface area contributed by atoms with Gasteiger partial charge in [0.15, 0.2) is 0 Å². The van der Waals surface area contributed by atoms with Gasteiger partial charge in [-0.3, -0.25) is 9.44 Å². The molecule has 0 atom stereocenters. The average molecular weight is 559 g/mol. The summed E-state index contributed by atoms with van der Waals surface area (Å²) in [6, 6.07) is 18.2. The molecule has 2 N–H and O–H groups in total. The van der Waals surface area contributed by atoms with Crippen LogP contribution in [0.15, 0.2) is 82.6 Å². The van der Waals surface area contributed by atoms with Crippen LogP contribution in [0.25, 0.3) is 10.8 Å². The quantitative estimate of drug-likeness (QED) is 0.292. The summed E-state index contributed by atoms with van der Waals surface area (Å²) in [5.74, 6) is 1.50. The van der Waals surface area contributed by atoms with Crippen molar-refractivity contribution in [1.29, 1.82) is 0 Å². The molecule has 0 fully saturated rings. The second-order valence-corrected chi connectivity index (χ2v) is 11.3. The molecule has 4 aromatic rings. The molecule has 12 heteroatoms. The van der Waals surface area contributed by atoms with Crippen LogP contribution in [0.5, 0.6) is 23.0 Å². The summed E-state index contributed by atoms with van der Waals surface area (Å²) in [4.78, 5) is -0.209. The number of hydrogen-bond acceptors (Lipinski definition) is 8. The van der Waals surface area contributed by atoms with Gasteiger partial charge in [-0.05, 0) is 36.4 Å². The summed E-state index contributed by atoms with van der Waals surface area (Å²) in [5, 5.41) is 0.439. The van der Waals surface area contributed by atoms with Crippen LogP contribution in [0, 0.1) is 0 Å². The van der Waals surface area contributed by atoms with Gasteiger partial charge in [0, 0.05) is 22.9 Å². The van der Waals surface area contributed by atoms with E-state index in [1.165, 1.54) is 64.8 Å². The van der Waals surface area contributed by atoms with E-state index in [-0.39, 0.29) is 43.4 Å². The minimum atomic E-state index is -4.15. The van der Waals surface area contributed by atoms with E-state index in [4.69, 9.17) is 18.9 Å². The minimum absolute atomic E-state index is 0.105. The first kappa shape index (κ1) is 26.9. The maximum atomic E-state index is 13.4. The Hall–Kier alpha value is -4.16. The number of rotatable bonds is 10. The second-order valence-electron chi connectivity index (χ2n) is 7.95. The van der Waals surface area contributed by atoms with Crippen molar-refractivity contribution in [1.82, 2.24) is 0 Å². The Balaban J connectivity index is 1.76. The second kappa shape index (κ2) is 10.7. The number of hydrogen-bond donors (Lipinski definition) is 2. The number of nitrogens with one attached hydrogen (secondary N) is 2. The van der Waals surface area contributed by atoms with Crippen LogP contribution in [0.4, 0.5) is 11.4 Å². The van der Waals surface area contributed by atoms with Crippen molar-refractivity contribution in [3.8, 4) is 23.0 Å². The van der Waals surface area contributed by atoms with E-state index >= 15 is 0 Å². The fourth-order valence-corrected chi connectivity index (χ4v) is 6.47. The first-order valence-electron chi connectivity index (χ1n) is 11.1. The van der Waals surface area contributed by atoms with Gasteiger partial charge in [-0.25, -0.2) is 16.8 Å². The number of fused-ring (bicyclic) bond motifs is 1. The molecule has 4 aromatic carbocycles. The zero-order chi connectivity index (χ0) is 27.5. The largest absolute Gasteiger partial charge is 0.497 e. The topological polar surface area (TPSA) is 129 Å². The molecular formula is C26H26N2O8S2. The van der Waals surface area contributed by atoms with E-state index < -0.39 is 20.0 Å². The molecule has 0 aliphatic carbocycles. The van der Waals surface area contributed by atoms with E-state index in [0.29, 0.717) is 11.5 Å². The molecule has 0 saturated heterocycles. The van der Waals surface area contributed by atoms with Crippen molar-refractivity contribution >= 4 is 42.2 Å². The maximum absolute atomic E-state index is 13.4. The fourth-order valence-electron chi connectivity index (χ4n) is 3.89. The number of benzene rings is 4. The summed E-state index contributed by atoms with van der Waals surface area (Å²) >= 11 is 0. The molecule has 0 aromatic heterocycles. The summed E-state index contributed by atoms with van der Waals surface area (Å²) in [5.41, 5.74) is 0.393. The molecular weight excluding hydrogens is 532 g/mol. The smallest absolute Gasteiger partial charge is 0.262 e.